The number of carbonyl (C=O) groups is 2. The summed E-state index contributed by atoms with van der Waals surface area (Å²) in [6, 6.07) is 15.8. The molecule has 2 aromatic rings. The molecule has 0 unspecified atom stereocenters. The third-order valence-corrected chi connectivity index (χ3v) is 4.37. The highest BCUT2D eigenvalue weighted by atomic mass is 32.2. The molecule has 12 heteroatoms. The topological polar surface area (TPSA) is 195 Å². The minimum atomic E-state index is -3.50. The average molecular weight is 430 g/mol. The maximum atomic E-state index is 10.6. The zero-order chi connectivity index (χ0) is 21.8. The molecule has 2 aromatic carbocycles. The second-order valence-corrected chi connectivity index (χ2v) is 7.85. The normalized spacial score (nSPS) is 10.8. The summed E-state index contributed by atoms with van der Waals surface area (Å²) in [5.74, 6) is -2.51. The van der Waals surface area contributed by atoms with Gasteiger partial charge >= 0.3 is 11.9 Å². The third kappa shape index (κ3) is 12.3. The summed E-state index contributed by atoms with van der Waals surface area (Å²) in [5, 5.41) is 25.3. The number of carboxylic acid groups (broad SMARTS) is 2. The van der Waals surface area contributed by atoms with Gasteiger partial charge in [0, 0.05) is 12.2 Å². The molecule has 0 spiro atoms. The predicted octanol–water partition coefficient (Wildman–Crippen LogP) is 0.380. The lowest BCUT2D eigenvalue weighted by atomic mass is 10.4. The first kappa shape index (κ1) is 24.9. The van der Waals surface area contributed by atoms with Crippen molar-refractivity contribution in [1.29, 1.82) is 0 Å². The van der Waals surface area contributed by atoms with Crippen molar-refractivity contribution in [2.24, 2.45) is 10.3 Å². The summed E-state index contributed by atoms with van der Waals surface area (Å²) in [4.78, 5) is 19.4. The van der Waals surface area contributed by atoms with Gasteiger partial charge < -0.3 is 10.2 Å². The quantitative estimate of drug-likeness (QED) is 0.499. The Balaban J connectivity index is 0.000000394. The van der Waals surface area contributed by atoms with Crippen molar-refractivity contribution in [2.45, 2.75) is 9.79 Å². The van der Waals surface area contributed by atoms with E-state index >= 15 is 0 Å². The van der Waals surface area contributed by atoms with Crippen LogP contribution >= 0.6 is 0 Å². The first-order valence-corrected chi connectivity index (χ1v) is 10.2. The summed E-state index contributed by atoms with van der Waals surface area (Å²) in [6.07, 6.45) is 1.12. The Kier molecular flexibility index (Phi) is 10.3. The van der Waals surface area contributed by atoms with Crippen LogP contribution in [0.2, 0.25) is 0 Å². The molecule has 0 saturated heterocycles. The van der Waals surface area contributed by atoms with Crippen LogP contribution in [0.25, 0.3) is 0 Å². The van der Waals surface area contributed by atoms with E-state index in [0.717, 1.165) is 0 Å². The highest BCUT2D eigenvalue weighted by molar-refractivity contribution is 7.89. The van der Waals surface area contributed by atoms with Crippen molar-refractivity contribution in [3.05, 3.63) is 72.8 Å². The van der Waals surface area contributed by atoms with Crippen molar-refractivity contribution >= 4 is 32.0 Å². The van der Waals surface area contributed by atoms with Gasteiger partial charge in [-0.25, -0.2) is 36.7 Å². The first-order chi connectivity index (χ1) is 12.8. The molecule has 152 valence electrons. The molecule has 10 nitrogen and oxygen atoms in total. The van der Waals surface area contributed by atoms with Crippen LogP contribution in [-0.2, 0) is 29.6 Å². The van der Waals surface area contributed by atoms with Crippen LogP contribution in [0.1, 0.15) is 0 Å². The Morgan fingerprint density at radius 2 is 0.893 bits per heavy atom. The number of primary sulfonamides is 2. The zero-order valence-corrected chi connectivity index (χ0v) is 15.9. The Hall–Kier alpha value is -3.06. The zero-order valence-electron chi connectivity index (χ0n) is 14.2. The van der Waals surface area contributed by atoms with E-state index < -0.39 is 32.0 Å². The summed E-state index contributed by atoms with van der Waals surface area (Å²) in [7, 11) is -7.01. The van der Waals surface area contributed by atoms with E-state index in [2.05, 4.69) is 0 Å². The van der Waals surface area contributed by atoms with Gasteiger partial charge in [-0.1, -0.05) is 36.4 Å². The lowest BCUT2D eigenvalue weighted by molar-refractivity contribution is -0.134. The van der Waals surface area contributed by atoms with Crippen molar-refractivity contribution in [1.82, 2.24) is 0 Å². The highest BCUT2D eigenvalue weighted by Crippen LogP contribution is 2.03. The molecule has 0 amide bonds. The monoisotopic (exact) mass is 430 g/mol. The Bertz CT molecular complexity index is 920. The second-order valence-electron chi connectivity index (χ2n) is 4.73. The fourth-order valence-electron chi connectivity index (χ4n) is 1.36. The van der Waals surface area contributed by atoms with Gasteiger partial charge in [-0.2, -0.15) is 0 Å². The van der Waals surface area contributed by atoms with Gasteiger partial charge in [-0.3, -0.25) is 0 Å². The molecule has 2 rings (SSSR count). The number of hydrogen-bond donors (Lipinski definition) is 4. The number of nitrogens with two attached hydrogens (primary N) is 2. The van der Waals surface area contributed by atoms with E-state index in [1.54, 1.807) is 36.4 Å². The van der Waals surface area contributed by atoms with E-state index in [9.17, 15) is 26.4 Å². The molecular weight excluding hydrogens is 412 g/mol. The van der Waals surface area contributed by atoms with Gasteiger partial charge in [0.2, 0.25) is 20.0 Å². The summed E-state index contributed by atoms with van der Waals surface area (Å²) >= 11 is 0. The lowest BCUT2D eigenvalue weighted by Crippen LogP contribution is -2.11. The largest absolute Gasteiger partial charge is 0.478 e. The van der Waals surface area contributed by atoms with Crippen LogP contribution in [0.4, 0.5) is 0 Å². The third-order valence-electron chi connectivity index (χ3n) is 2.51. The Morgan fingerprint density at radius 1 is 0.643 bits per heavy atom. The van der Waals surface area contributed by atoms with Gasteiger partial charge in [0.25, 0.3) is 0 Å². The maximum absolute atomic E-state index is 10.6. The van der Waals surface area contributed by atoms with Crippen LogP contribution in [-0.4, -0.2) is 39.0 Å². The number of carboxylic acids is 2. The van der Waals surface area contributed by atoms with Crippen LogP contribution < -0.4 is 10.3 Å². The number of hydrogen-bond acceptors (Lipinski definition) is 6. The SMILES string of the molecule is NS(=O)(=O)c1ccccc1.NS(=O)(=O)c1ccccc1.O=C(O)/C=C\C(=O)O. The van der Waals surface area contributed by atoms with Gasteiger partial charge in [0.1, 0.15) is 0 Å². The molecule has 0 saturated carbocycles. The van der Waals surface area contributed by atoms with Crippen LogP contribution in [0.15, 0.2) is 82.6 Å². The van der Waals surface area contributed by atoms with Crippen molar-refractivity contribution in [3.63, 3.8) is 0 Å². The Labute approximate surface area is 161 Å². The standard InChI is InChI=1S/2C6H7NO2S.C4H4O4/c2*7-10(8,9)6-4-2-1-3-5-6;5-3(6)1-2-4(7)8/h2*1-5H,(H2,7,8,9);1-2H,(H,5,6)(H,7,8)/b;;2-1-. The fraction of sp³-hybridized carbons (Fsp3) is 0. The van der Waals surface area contributed by atoms with Gasteiger partial charge in [-0.15, -0.1) is 0 Å². The van der Waals surface area contributed by atoms with Crippen LogP contribution in [0, 0.1) is 0 Å². The van der Waals surface area contributed by atoms with Crippen LogP contribution in [0.5, 0.6) is 0 Å². The number of benzene rings is 2. The molecule has 0 fully saturated rings. The highest BCUT2D eigenvalue weighted by Gasteiger charge is 2.04. The van der Waals surface area contributed by atoms with E-state index in [1.807, 2.05) is 0 Å². The molecule has 0 bridgehead atoms. The minimum Gasteiger partial charge on any atom is -0.478 e. The lowest BCUT2D eigenvalue weighted by Gasteiger charge is -1.93. The molecule has 0 aliphatic heterocycles. The van der Waals surface area contributed by atoms with E-state index in [0.29, 0.717) is 12.2 Å². The van der Waals surface area contributed by atoms with Crippen LogP contribution in [0.3, 0.4) is 0 Å². The second kappa shape index (κ2) is 11.6. The summed E-state index contributed by atoms with van der Waals surface area (Å²) < 4.78 is 42.4. The first-order valence-electron chi connectivity index (χ1n) is 7.13. The summed E-state index contributed by atoms with van der Waals surface area (Å²) in [5.41, 5.74) is 0. The molecule has 0 heterocycles. The molecule has 28 heavy (non-hydrogen) atoms. The molecule has 0 aliphatic carbocycles. The maximum Gasteiger partial charge on any atom is 0.328 e. The number of sulfonamides is 2. The smallest absolute Gasteiger partial charge is 0.328 e. The minimum absolute atomic E-state index is 0.148. The molecule has 0 atom stereocenters. The molecule has 0 radical (unpaired) electrons. The molecule has 6 N–H and O–H groups in total. The predicted molar refractivity (Wildman–Crippen MR) is 100 cm³/mol. The fourth-order valence-corrected chi connectivity index (χ4v) is 2.44. The van der Waals surface area contributed by atoms with Crippen molar-refractivity contribution < 1.29 is 36.6 Å². The molecule has 0 aliphatic rings. The summed E-state index contributed by atoms with van der Waals surface area (Å²) in [6.45, 7) is 0. The number of rotatable bonds is 4. The van der Waals surface area contributed by atoms with Gasteiger partial charge in [-0.05, 0) is 24.3 Å². The van der Waals surface area contributed by atoms with Gasteiger partial charge in [0.05, 0.1) is 9.79 Å². The van der Waals surface area contributed by atoms with E-state index in [4.69, 9.17) is 20.5 Å². The number of aliphatic carboxylic acids is 2. The average Bonchev–Trinajstić information content (AvgIpc) is 2.61. The van der Waals surface area contributed by atoms with Crippen molar-refractivity contribution in [3.8, 4) is 0 Å². The van der Waals surface area contributed by atoms with Gasteiger partial charge in [0.15, 0.2) is 0 Å². The van der Waals surface area contributed by atoms with Crippen molar-refractivity contribution in [2.75, 3.05) is 0 Å². The van der Waals surface area contributed by atoms with E-state index in [-0.39, 0.29) is 9.79 Å². The Morgan fingerprint density at radius 3 is 1.04 bits per heavy atom. The molecular formula is C16H18N2O8S2. The molecule has 0 aromatic heterocycles. The van der Waals surface area contributed by atoms with E-state index in [1.165, 1.54) is 24.3 Å².